The van der Waals surface area contributed by atoms with Gasteiger partial charge in [0.05, 0.1) is 23.7 Å². The fourth-order valence-corrected chi connectivity index (χ4v) is 1.21. The second-order valence-electron chi connectivity index (χ2n) is 2.92. The van der Waals surface area contributed by atoms with Crippen LogP contribution < -0.4 is 4.74 Å². The summed E-state index contributed by atoms with van der Waals surface area (Å²) >= 11 is 0. The number of benzene rings is 1. The predicted octanol–water partition coefficient (Wildman–Crippen LogP) is 2.20. The lowest BCUT2D eigenvalue weighted by molar-refractivity contribution is -0.384. The second kappa shape index (κ2) is 4.54. The summed E-state index contributed by atoms with van der Waals surface area (Å²) in [4.78, 5) is 21.4. The van der Waals surface area contributed by atoms with Crippen molar-refractivity contribution in [2.24, 2.45) is 0 Å². The second-order valence-corrected chi connectivity index (χ2v) is 2.92. The molecule has 5 nitrogen and oxygen atoms in total. The fraction of sp³-hybridized carbons (Fsp3) is 0.300. The van der Waals surface area contributed by atoms with Crippen molar-refractivity contribution in [1.29, 1.82) is 0 Å². The highest BCUT2D eigenvalue weighted by Crippen LogP contribution is 2.25. The lowest BCUT2D eigenvalue weighted by Gasteiger charge is -2.05. The van der Waals surface area contributed by atoms with Crippen molar-refractivity contribution in [3.63, 3.8) is 0 Å². The molecule has 1 aromatic rings. The molecule has 0 aromatic heterocycles. The molecule has 5 heteroatoms. The molecule has 0 aliphatic carbocycles. The standard InChI is InChI=1S/C10H11NO4/c1-3-9(12)8-5-4-7(11(13)14)6-10(8)15-2/h4-6H,3H2,1-2H3. The Balaban J connectivity index is 3.20. The first-order valence-corrected chi connectivity index (χ1v) is 4.45. The van der Waals surface area contributed by atoms with Crippen LogP contribution in [0.1, 0.15) is 23.7 Å². The van der Waals surface area contributed by atoms with Crippen LogP contribution in [0.15, 0.2) is 18.2 Å². The van der Waals surface area contributed by atoms with E-state index < -0.39 is 4.92 Å². The maximum Gasteiger partial charge on any atom is 0.273 e. The molecule has 0 spiro atoms. The number of carbonyl (C=O) groups is 1. The SMILES string of the molecule is CCC(=O)c1ccc([N+](=O)[O-])cc1OC. The van der Waals surface area contributed by atoms with Crippen LogP contribution >= 0.6 is 0 Å². The summed E-state index contributed by atoms with van der Waals surface area (Å²) in [7, 11) is 1.38. The first-order chi connectivity index (χ1) is 7.10. The van der Waals surface area contributed by atoms with Gasteiger partial charge in [-0.15, -0.1) is 0 Å². The summed E-state index contributed by atoms with van der Waals surface area (Å²) in [6.45, 7) is 1.73. The van der Waals surface area contributed by atoms with E-state index in [0.717, 1.165) is 0 Å². The van der Waals surface area contributed by atoms with Gasteiger partial charge in [-0.05, 0) is 6.07 Å². The number of ether oxygens (including phenoxy) is 1. The molecule has 0 heterocycles. The van der Waals surface area contributed by atoms with Crippen molar-refractivity contribution < 1.29 is 14.5 Å². The number of hydrogen-bond acceptors (Lipinski definition) is 4. The van der Waals surface area contributed by atoms with Crippen molar-refractivity contribution in [3.05, 3.63) is 33.9 Å². The van der Waals surface area contributed by atoms with Gasteiger partial charge < -0.3 is 4.74 Å². The van der Waals surface area contributed by atoms with Crippen molar-refractivity contribution >= 4 is 11.5 Å². The van der Waals surface area contributed by atoms with Crippen LogP contribution in [-0.2, 0) is 0 Å². The van der Waals surface area contributed by atoms with Gasteiger partial charge in [0.25, 0.3) is 5.69 Å². The van der Waals surface area contributed by atoms with E-state index in [-0.39, 0.29) is 17.2 Å². The maximum absolute atomic E-state index is 11.4. The van der Waals surface area contributed by atoms with Crippen LogP contribution in [0.5, 0.6) is 5.75 Å². The largest absolute Gasteiger partial charge is 0.496 e. The van der Waals surface area contributed by atoms with Crippen LogP contribution in [0.2, 0.25) is 0 Å². The zero-order valence-electron chi connectivity index (χ0n) is 8.52. The average Bonchev–Trinajstić information content (AvgIpc) is 2.27. The summed E-state index contributed by atoms with van der Waals surface area (Å²) < 4.78 is 4.93. The smallest absolute Gasteiger partial charge is 0.273 e. The summed E-state index contributed by atoms with van der Waals surface area (Å²) in [5.41, 5.74) is 0.296. The normalized spacial score (nSPS) is 9.73. The lowest BCUT2D eigenvalue weighted by Crippen LogP contribution is -2.01. The number of Topliss-reactive ketones (excluding diaryl/α,β-unsaturated/α-hetero) is 1. The summed E-state index contributed by atoms with van der Waals surface area (Å²) in [5.74, 6) is 0.151. The number of nitro benzene ring substituents is 1. The molecule has 0 atom stereocenters. The van der Waals surface area contributed by atoms with Gasteiger partial charge >= 0.3 is 0 Å². The molecule has 80 valence electrons. The molecular formula is C10H11NO4. The van der Waals surface area contributed by atoms with E-state index in [9.17, 15) is 14.9 Å². The molecule has 0 aliphatic heterocycles. The Bertz CT molecular complexity index is 400. The molecule has 1 rings (SSSR count). The molecule has 0 radical (unpaired) electrons. The van der Waals surface area contributed by atoms with E-state index in [2.05, 4.69) is 0 Å². The van der Waals surface area contributed by atoms with Crippen LogP contribution in [0.4, 0.5) is 5.69 Å². The predicted molar refractivity (Wildman–Crippen MR) is 54.3 cm³/mol. The number of hydrogen-bond donors (Lipinski definition) is 0. The molecule has 0 N–H and O–H groups in total. The lowest BCUT2D eigenvalue weighted by atomic mass is 10.1. The minimum atomic E-state index is -0.525. The Hall–Kier alpha value is -1.91. The van der Waals surface area contributed by atoms with Crippen molar-refractivity contribution in [3.8, 4) is 5.75 Å². The summed E-state index contributed by atoms with van der Waals surface area (Å²) in [6, 6.07) is 3.97. The third-order valence-electron chi connectivity index (χ3n) is 2.02. The quantitative estimate of drug-likeness (QED) is 0.433. The monoisotopic (exact) mass is 209 g/mol. The third-order valence-corrected chi connectivity index (χ3v) is 2.02. The highest BCUT2D eigenvalue weighted by Gasteiger charge is 2.15. The molecule has 0 aliphatic rings. The van der Waals surface area contributed by atoms with Gasteiger partial charge in [-0.3, -0.25) is 14.9 Å². The Kier molecular flexibility index (Phi) is 3.38. The molecule has 0 bridgehead atoms. The van der Waals surface area contributed by atoms with Gasteiger partial charge in [0, 0.05) is 12.5 Å². The topological polar surface area (TPSA) is 69.4 Å². The molecule has 1 aromatic carbocycles. The highest BCUT2D eigenvalue weighted by molar-refractivity contribution is 5.98. The minimum Gasteiger partial charge on any atom is -0.496 e. The zero-order chi connectivity index (χ0) is 11.4. The Morgan fingerprint density at radius 3 is 2.67 bits per heavy atom. The van der Waals surface area contributed by atoms with E-state index in [1.54, 1.807) is 6.92 Å². The highest BCUT2D eigenvalue weighted by atomic mass is 16.6. The Labute approximate surface area is 86.8 Å². The van der Waals surface area contributed by atoms with E-state index in [4.69, 9.17) is 4.74 Å². The van der Waals surface area contributed by atoms with Gasteiger partial charge in [-0.25, -0.2) is 0 Å². The number of non-ortho nitro benzene ring substituents is 1. The first kappa shape index (κ1) is 11.2. The van der Waals surface area contributed by atoms with E-state index >= 15 is 0 Å². The van der Waals surface area contributed by atoms with Gasteiger partial charge in [0.1, 0.15) is 5.75 Å². The summed E-state index contributed by atoms with van der Waals surface area (Å²) in [6.07, 6.45) is 0.341. The third kappa shape index (κ3) is 2.31. The molecule has 0 fully saturated rings. The number of rotatable bonds is 4. The van der Waals surface area contributed by atoms with E-state index in [1.807, 2.05) is 0 Å². The molecule has 0 unspecified atom stereocenters. The zero-order valence-corrected chi connectivity index (χ0v) is 8.52. The maximum atomic E-state index is 11.4. The number of methoxy groups -OCH3 is 1. The molecule has 15 heavy (non-hydrogen) atoms. The van der Waals surface area contributed by atoms with E-state index in [1.165, 1.54) is 25.3 Å². The average molecular weight is 209 g/mol. The van der Waals surface area contributed by atoms with Crippen molar-refractivity contribution in [1.82, 2.24) is 0 Å². The fourth-order valence-electron chi connectivity index (χ4n) is 1.21. The van der Waals surface area contributed by atoms with Crippen molar-refractivity contribution in [2.45, 2.75) is 13.3 Å². The number of ketones is 1. The molecule has 0 amide bonds. The number of nitro groups is 1. The number of nitrogens with zero attached hydrogens (tertiary/aromatic N) is 1. The number of carbonyl (C=O) groups excluding carboxylic acids is 1. The Morgan fingerprint density at radius 1 is 1.53 bits per heavy atom. The van der Waals surface area contributed by atoms with Crippen LogP contribution in [0.25, 0.3) is 0 Å². The Morgan fingerprint density at radius 2 is 2.20 bits per heavy atom. The van der Waals surface area contributed by atoms with Crippen LogP contribution in [-0.4, -0.2) is 17.8 Å². The van der Waals surface area contributed by atoms with Gasteiger partial charge in [-0.1, -0.05) is 6.92 Å². The van der Waals surface area contributed by atoms with E-state index in [0.29, 0.717) is 12.0 Å². The van der Waals surface area contributed by atoms with Crippen LogP contribution in [0.3, 0.4) is 0 Å². The van der Waals surface area contributed by atoms with Crippen molar-refractivity contribution in [2.75, 3.05) is 7.11 Å². The van der Waals surface area contributed by atoms with Gasteiger partial charge in [0.15, 0.2) is 5.78 Å². The molecule has 0 saturated carbocycles. The van der Waals surface area contributed by atoms with Gasteiger partial charge in [0.2, 0.25) is 0 Å². The van der Waals surface area contributed by atoms with Crippen LogP contribution in [0, 0.1) is 10.1 Å². The van der Waals surface area contributed by atoms with Gasteiger partial charge in [-0.2, -0.15) is 0 Å². The minimum absolute atomic E-state index is 0.0838. The molecule has 0 saturated heterocycles. The molecular weight excluding hydrogens is 198 g/mol. The first-order valence-electron chi connectivity index (χ1n) is 4.45. The summed E-state index contributed by atoms with van der Waals surface area (Å²) in [5, 5.41) is 10.5.